The Morgan fingerprint density at radius 2 is 1.85 bits per heavy atom. The van der Waals surface area contributed by atoms with Crippen molar-refractivity contribution in [3.63, 3.8) is 0 Å². The van der Waals surface area contributed by atoms with Crippen LogP contribution in [-0.4, -0.2) is 29.9 Å². The first-order chi connectivity index (χ1) is 9.28. The van der Waals surface area contributed by atoms with Crippen molar-refractivity contribution in [3.05, 3.63) is 0 Å². The lowest BCUT2D eigenvalue weighted by atomic mass is 9.87. The molecular formula is C15H29N3O2. The van der Waals surface area contributed by atoms with Gasteiger partial charge in [-0.25, -0.2) is 0 Å². The molecule has 1 aliphatic carbocycles. The number of hydrogen-bond donors (Lipinski definition) is 3. The fourth-order valence-corrected chi connectivity index (χ4v) is 2.49. The smallest absolute Gasteiger partial charge is 0.242 e. The van der Waals surface area contributed by atoms with Gasteiger partial charge >= 0.3 is 0 Å². The molecule has 0 aromatic carbocycles. The summed E-state index contributed by atoms with van der Waals surface area (Å²) >= 11 is 0. The second-order valence-corrected chi connectivity index (χ2v) is 6.70. The van der Waals surface area contributed by atoms with E-state index in [9.17, 15) is 9.59 Å². The molecule has 1 unspecified atom stereocenters. The van der Waals surface area contributed by atoms with Gasteiger partial charge in [0.2, 0.25) is 11.8 Å². The molecule has 2 amide bonds. The van der Waals surface area contributed by atoms with Crippen LogP contribution in [0.5, 0.6) is 0 Å². The third kappa shape index (κ3) is 6.89. The molecule has 0 bridgehead atoms. The Kier molecular flexibility index (Phi) is 6.46. The number of nitrogens with two attached hydrogens (primary N) is 1. The van der Waals surface area contributed by atoms with Gasteiger partial charge in [0.05, 0.1) is 0 Å². The average molecular weight is 283 g/mol. The summed E-state index contributed by atoms with van der Waals surface area (Å²) in [5.74, 6) is 0.286. The van der Waals surface area contributed by atoms with Crippen molar-refractivity contribution in [1.29, 1.82) is 0 Å². The van der Waals surface area contributed by atoms with Crippen LogP contribution in [0.1, 0.15) is 59.3 Å². The predicted octanol–water partition coefficient (Wildman–Crippen LogP) is 1.32. The molecule has 0 aliphatic heterocycles. The second kappa shape index (κ2) is 7.62. The molecule has 20 heavy (non-hydrogen) atoms. The summed E-state index contributed by atoms with van der Waals surface area (Å²) in [6.07, 6.45) is 6.54. The lowest BCUT2D eigenvalue weighted by molar-refractivity contribution is -0.129. The molecule has 116 valence electrons. The fraction of sp³-hybridized carbons (Fsp3) is 0.867. The van der Waals surface area contributed by atoms with Crippen molar-refractivity contribution in [1.82, 2.24) is 10.6 Å². The number of carbonyl (C=O) groups is 2. The summed E-state index contributed by atoms with van der Waals surface area (Å²) in [4.78, 5) is 23.7. The van der Waals surface area contributed by atoms with Crippen LogP contribution in [0.2, 0.25) is 0 Å². The van der Waals surface area contributed by atoms with E-state index < -0.39 is 11.6 Å². The van der Waals surface area contributed by atoms with Gasteiger partial charge in [0, 0.05) is 18.5 Å². The number of carbonyl (C=O) groups excluding carboxylic acids is 2. The summed E-state index contributed by atoms with van der Waals surface area (Å²) in [7, 11) is 0. The molecule has 0 saturated heterocycles. The Bertz CT molecular complexity index is 331. The molecule has 0 aromatic rings. The van der Waals surface area contributed by atoms with Crippen LogP contribution < -0.4 is 16.4 Å². The molecule has 4 N–H and O–H groups in total. The van der Waals surface area contributed by atoms with Crippen LogP contribution in [0.4, 0.5) is 0 Å². The molecule has 0 aromatic heterocycles. The van der Waals surface area contributed by atoms with E-state index >= 15 is 0 Å². The second-order valence-electron chi connectivity index (χ2n) is 6.70. The minimum atomic E-state index is -0.506. The molecule has 0 spiro atoms. The molecule has 1 atom stereocenters. The van der Waals surface area contributed by atoms with Crippen molar-refractivity contribution in [3.8, 4) is 0 Å². The first kappa shape index (κ1) is 17.0. The zero-order valence-electron chi connectivity index (χ0n) is 13.0. The Morgan fingerprint density at radius 3 is 2.40 bits per heavy atom. The van der Waals surface area contributed by atoms with Crippen LogP contribution >= 0.6 is 0 Å². The van der Waals surface area contributed by atoms with E-state index in [1.807, 2.05) is 13.8 Å². The molecule has 1 saturated carbocycles. The molecule has 5 nitrogen and oxygen atoms in total. The minimum absolute atomic E-state index is 0.0217. The maximum absolute atomic E-state index is 11.9. The van der Waals surface area contributed by atoms with Crippen molar-refractivity contribution < 1.29 is 9.59 Å². The summed E-state index contributed by atoms with van der Waals surface area (Å²) < 4.78 is 0. The van der Waals surface area contributed by atoms with Gasteiger partial charge in [-0.1, -0.05) is 19.3 Å². The van der Waals surface area contributed by atoms with Gasteiger partial charge in [0.15, 0.2) is 0 Å². The Labute approximate surface area is 122 Å². The highest BCUT2D eigenvalue weighted by atomic mass is 16.2. The van der Waals surface area contributed by atoms with Gasteiger partial charge in [0.1, 0.15) is 6.04 Å². The largest absolute Gasteiger partial charge is 0.353 e. The quantitative estimate of drug-likeness (QED) is 0.687. The third-order valence-corrected chi connectivity index (χ3v) is 3.69. The summed E-state index contributed by atoms with van der Waals surface area (Å²) in [5.41, 5.74) is 5.36. The maximum Gasteiger partial charge on any atom is 0.242 e. The van der Waals surface area contributed by atoms with Crippen molar-refractivity contribution in [2.45, 2.75) is 70.9 Å². The van der Waals surface area contributed by atoms with Gasteiger partial charge in [-0.2, -0.15) is 0 Å². The third-order valence-electron chi connectivity index (χ3n) is 3.69. The van der Waals surface area contributed by atoms with Crippen LogP contribution in [0, 0.1) is 5.92 Å². The minimum Gasteiger partial charge on any atom is -0.353 e. The number of nitrogens with one attached hydrogen (secondary N) is 2. The monoisotopic (exact) mass is 283 g/mol. The van der Waals surface area contributed by atoms with Gasteiger partial charge in [-0.15, -0.1) is 0 Å². The summed E-state index contributed by atoms with van der Waals surface area (Å²) in [6.45, 7) is 5.80. The highest BCUT2D eigenvalue weighted by molar-refractivity contribution is 5.87. The van der Waals surface area contributed by atoms with Crippen molar-refractivity contribution in [2.75, 3.05) is 6.54 Å². The standard InChI is InChI=1S/C15H29N3O2/c1-11(14(20)17-10-15(2,3)16)18-13(19)9-12-7-5-4-6-8-12/h11-12H,4-10,16H2,1-3H3,(H,17,20)(H,18,19). The first-order valence-electron chi connectivity index (χ1n) is 7.64. The van der Waals surface area contributed by atoms with Gasteiger partial charge in [0.25, 0.3) is 0 Å². The summed E-state index contributed by atoms with van der Waals surface area (Å²) in [5, 5.41) is 5.52. The van der Waals surface area contributed by atoms with Crippen LogP contribution in [-0.2, 0) is 9.59 Å². The van der Waals surface area contributed by atoms with Crippen molar-refractivity contribution in [2.24, 2.45) is 11.7 Å². The number of rotatable bonds is 6. The molecule has 5 heteroatoms. The molecule has 0 radical (unpaired) electrons. The number of amides is 2. The van der Waals surface area contributed by atoms with E-state index in [1.54, 1.807) is 6.92 Å². The lowest BCUT2D eigenvalue weighted by Gasteiger charge is -2.23. The van der Waals surface area contributed by atoms with E-state index in [4.69, 9.17) is 5.73 Å². The molecule has 1 fully saturated rings. The zero-order chi connectivity index (χ0) is 15.2. The summed E-state index contributed by atoms with van der Waals surface area (Å²) in [6, 6.07) is -0.506. The molecule has 1 rings (SSSR count). The van der Waals surface area contributed by atoms with Gasteiger partial charge in [-0.3, -0.25) is 9.59 Å². The Morgan fingerprint density at radius 1 is 1.25 bits per heavy atom. The van der Waals surface area contributed by atoms with Gasteiger partial charge in [-0.05, 0) is 39.5 Å². The van der Waals surface area contributed by atoms with E-state index in [1.165, 1.54) is 19.3 Å². The maximum atomic E-state index is 11.9. The normalized spacial score (nSPS) is 18.4. The van der Waals surface area contributed by atoms with E-state index in [2.05, 4.69) is 10.6 Å². The van der Waals surface area contributed by atoms with E-state index in [0.29, 0.717) is 18.9 Å². The van der Waals surface area contributed by atoms with Crippen LogP contribution in [0.3, 0.4) is 0 Å². The SMILES string of the molecule is CC(NC(=O)CC1CCCCC1)C(=O)NCC(C)(C)N. The lowest BCUT2D eigenvalue weighted by Crippen LogP contribution is -2.51. The Hall–Kier alpha value is -1.10. The highest BCUT2D eigenvalue weighted by Gasteiger charge is 2.21. The number of hydrogen-bond acceptors (Lipinski definition) is 3. The fourth-order valence-electron chi connectivity index (χ4n) is 2.49. The topological polar surface area (TPSA) is 84.2 Å². The van der Waals surface area contributed by atoms with Crippen LogP contribution in [0.15, 0.2) is 0 Å². The molecular weight excluding hydrogens is 254 g/mol. The zero-order valence-corrected chi connectivity index (χ0v) is 13.0. The Balaban J connectivity index is 2.27. The molecule has 1 aliphatic rings. The van der Waals surface area contributed by atoms with Crippen molar-refractivity contribution >= 4 is 11.8 Å². The molecule has 0 heterocycles. The van der Waals surface area contributed by atoms with E-state index in [0.717, 1.165) is 12.8 Å². The van der Waals surface area contributed by atoms with Gasteiger partial charge < -0.3 is 16.4 Å². The predicted molar refractivity (Wildman–Crippen MR) is 80.1 cm³/mol. The highest BCUT2D eigenvalue weighted by Crippen LogP contribution is 2.26. The van der Waals surface area contributed by atoms with Crippen LogP contribution in [0.25, 0.3) is 0 Å². The average Bonchev–Trinajstić information content (AvgIpc) is 2.36. The first-order valence-corrected chi connectivity index (χ1v) is 7.64. The van der Waals surface area contributed by atoms with E-state index in [-0.39, 0.29) is 11.8 Å².